The van der Waals surface area contributed by atoms with Crippen LogP contribution in [-0.4, -0.2) is 35.2 Å². The molecule has 18 heavy (non-hydrogen) atoms. The second-order valence-electron chi connectivity index (χ2n) is 3.50. The van der Waals surface area contributed by atoms with Gasteiger partial charge in [0.05, 0.1) is 0 Å². The van der Waals surface area contributed by atoms with E-state index in [1.807, 2.05) is 0 Å². The molecule has 6 heteroatoms. The molecular formula is C12H14O6. The predicted octanol–water partition coefficient (Wildman–Crippen LogP) is 0.663. The lowest BCUT2D eigenvalue weighted by Gasteiger charge is -2.11. The van der Waals surface area contributed by atoms with Gasteiger partial charge in [0.15, 0.2) is 18.2 Å². The summed E-state index contributed by atoms with van der Waals surface area (Å²) in [5, 5.41) is 8.64. The fourth-order valence-corrected chi connectivity index (χ4v) is 1.04. The molecule has 0 aliphatic rings. The molecule has 0 saturated carbocycles. The molecule has 1 unspecified atom stereocenters. The summed E-state index contributed by atoms with van der Waals surface area (Å²) in [4.78, 5) is 43.4. The van der Waals surface area contributed by atoms with Gasteiger partial charge in [-0.05, 0) is 13.8 Å². The number of ether oxygens (including phenoxy) is 1. The zero-order chi connectivity index (χ0) is 14.3. The quantitative estimate of drug-likeness (QED) is 0.323. The van der Waals surface area contributed by atoms with Gasteiger partial charge in [0.2, 0.25) is 0 Å². The number of carbonyl (C=O) groups excluding carboxylic acids is 3. The predicted molar refractivity (Wildman–Crippen MR) is 61.8 cm³/mol. The normalized spacial score (nSPS) is 13.7. The van der Waals surface area contributed by atoms with Crippen molar-refractivity contribution in [3.8, 4) is 0 Å². The molecule has 0 saturated heterocycles. The van der Waals surface area contributed by atoms with Gasteiger partial charge >= 0.3 is 11.9 Å². The average molecular weight is 254 g/mol. The minimum atomic E-state index is -1.32. The summed E-state index contributed by atoms with van der Waals surface area (Å²) >= 11 is 0. The Morgan fingerprint density at radius 1 is 1.11 bits per heavy atom. The summed E-state index contributed by atoms with van der Waals surface area (Å²) < 4.78 is 4.64. The van der Waals surface area contributed by atoms with Crippen molar-refractivity contribution in [2.75, 3.05) is 0 Å². The Labute approximate surface area is 104 Å². The van der Waals surface area contributed by atoms with Crippen LogP contribution in [0.25, 0.3) is 0 Å². The Bertz CT molecular complexity index is 430. The summed E-state index contributed by atoms with van der Waals surface area (Å²) in [6, 6.07) is 0. The van der Waals surface area contributed by atoms with E-state index in [1.54, 1.807) is 0 Å². The first-order valence-electron chi connectivity index (χ1n) is 5.04. The van der Waals surface area contributed by atoms with Crippen molar-refractivity contribution in [1.82, 2.24) is 0 Å². The highest BCUT2D eigenvalue weighted by molar-refractivity contribution is 5.99. The van der Waals surface area contributed by atoms with Crippen molar-refractivity contribution in [1.29, 1.82) is 0 Å². The number of carboxylic acids is 1. The topological polar surface area (TPSA) is 97.7 Å². The molecule has 0 aromatic heterocycles. The van der Waals surface area contributed by atoms with Crippen molar-refractivity contribution in [2.45, 2.75) is 26.9 Å². The molecule has 0 aromatic carbocycles. The molecule has 0 radical (unpaired) electrons. The number of aliphatic carboxylic acids is 1. The SMILES string of the molecule is CC(=O)OC(C=O)C(=CC=C(C)C(=O)O)C(C)=O. The van der Waals surface area contributed by atoms with Gasteiger partial charge in [0.1, 0.15) is 0 Å². The molecule has 0 amide bonds. The molecular weight excluding hydrogens is 240 g/mol. The number of ketones is 1. The van der Waals surface area contributed by atoms with Crippen LogP contribution >= 0.6 is 0 Å². The van der Waals surface area contributed by atoms with E-state index in [9.17, 15) is 19.2 Å². The summed E-state index contributed by atoms with van der Waals surface area (Å²) in [5.41, 5.74) is -0.0953. The van der Waals surface area contributed by atoms with Crippen LogP contribution in [0.15, 0.2) is 23.3 Å². The minimum absolute atomic E-state index is 0.0128. The number of carboxylic acid groups (broad SMARTS) is 1. The van der Waals surface area contributed by atoms with Gasteiger partial charge in [-0.2, -0.15) is 0 Å². The maximum atomic E-state index is 11.3. The van der Waals surface area contributed by atoms with Crippen molar-refractivity contribution in [3.05, 3.63) is 23.3 Å². The Kier molecular flexibility index (Phi) is 6.27. The van der Waals surface area contributed by atoms with Gasteiger partial charge in [-0.3, -0.25) is 14.4 Å². The number of aldehydes is 1. The lowest BCUT2D eigenvalue weighted by atomic mass is 10.1. The fourth-order valence-electron chi connectivity index (χ4n) is 1.04. The molecule has 0 fully saturated rings. The van der Waals surface area contributed by atoms with Crippen molar-refractivity contribution >= 4 is 24.0 Å². The van der Waals surface area contributed by atoms with Crippen LogP contribution in [0, 0.1) is 0 Å². The second kappa shape index (κ2) is 7.16. The molecule has 0 aliphatic carbocycles. The third-order valence-corrected chi connectivity index (χ3v) is 1.98. The lowest BCUT2D eigenvalue weighted by molar-refractivity contribution is -0.147. The van der Waals surface area contributed by atoms with Gasteiger partial charge in [-0.1, -0.05) is 12.2 Å². The fraction of sp³-hybridized carbons (Fsp3) is 0.333. The largest absolute Gasteiger partial charge is 0.478 e. The average Bonchev–Trinajstić information content (AvgIpc) is 2.26. The maximum absolute atomic E-state index is 11.3. The molecule has 98 valence electrons. The van der Waals surface area contributed by atoms with Crippen LogP contribution in [0.2, 0.25) is 0 Å². The summed E-state index contributed by atoms with van der Waals surface area (Å²) in [6.45, 7) is 3.63. The third kappa shape index (κ3) is 5.20. The number of rotatable bonds is 6. The number of hydrogen-bond acceptors (Lipinski definition) is 5. The Morgan fingerprint density at radius 3 is 2.00 bits per heavy atom. The van der Waals surface area contributed by atoms with Crippen LogP contribution < -0.4 is 0 Å². The van der Waals surface area contributed by atoms with E-state index in [0.717, 1.165) is 13.0 Å². The molecule has 0 aliphatic heterocycles. The van der Waals surface area contributed by atoms with E-state index < -0.39 is 23.8 Å². The van der Waals surface area contributed by atoms with Crippen molar-refractivity contribution < 1.29 is 29.0 Å². The zero-order valence-electron chi connectivity index (χ0n) is 10.3. The molecule has 1 N–H and O–H groups in total. The Morgan fingerprint density at radius 2 is 1.67 bits per heavy atom. The minimum Gasteiger partial charge on any atom is -0.478 e. The van der Waals surface area contributed by atoms with Crippen LogP contribution in [0.1, 0.15) is 20.8 Å². The van der Waals surface area contributed by atoms with Crippen LogP contribution in [0.5, 0.6) is 0 Å². The lowest BCUT2D eigenvalue weighted by Crippen LogP contribution is -2.24. The van der Waals surface area contributed by atoms with E-state index in [0.29, 0.717) is 6.29 Å². The van der Waals surface area contributed by atoms with Crippen molar-refractivity contribution in [2.24, 2.45) is 0 Å². The highest BCUT2D eigenvalue weighted by atomic mass is 16.5. The zero-order valence-corrected chi connectivity index (χ0v) is 10.3. The Hall–Kier alpha value is -2.24. The van der Waals surface area contributed by atoms with E-state index in [2.05, 4.69) is 4.74 Å². The standard InChI is InChI=1S/C12H14O6/c1-7(12(16)17)4-5-10(8(2)14)11(6-13)18-9(3)15/h4-6,11H,1-3H3,(H,16,17). The van der Waals surface area contributed by atoms with Crippen LogP contribution in [0.4, 0.5) is 0 Å². The number of esters is 1. The molecule has 0 bridgehead atoms. The first-order valence-corrected chi connectivity index (χ1v) is 5.04. The van der Waals surface area contributed by atoms with E-state index in [4.69, 9.17) is 5.11 Å². The maximum Gasteiger partial charge on any atom is 0.331 e. The van der Waals surface area contributed by atoms with Gasteiger partial charge in [0.25, 0.3) is 0 Å². The highest BCUT2D eigenvalue weighted by Crippen LogP contribution is 2.08. The monoisotopic (exact) mass is 254 g/mol. The van der Waals surface area contributed by atoms with Gasteiger partial charge in [-0.25, -0.2) is 4.79 Å². The summed E-state index contributed by atoms with van der Waals surface area (Å²) in [7, 11) is 0. The summed E-state index contributed by atoms with van der Waals surface area (Å²) in [6.07, 6.45) is 1.31. The van der Waals surface area contributed by atoms with Gasteiger partial charge in [0, 0.05) is 18.1 Å². The van der Waals surface area contributed by atoms with Gasteiger partial charge in [-0.15, -0.1) is 0 Å². The van der Waals surface area contributed by atoms with Crippen LogP contribution in [0.3, 0.4) is 0 Å². The molecule has 6 nitrogen and oxygen atoms in total. The number of allylic oxidation sites excluding steroid dienone is 2. The van der Waals surface area contributed by atoms with E-state index in [1.165, 1.54) is 19.9 Å². The molecule has 1 atom stereocenters. The smallest absolute Gasteiger partial charge is 0.331 e. The number of carbonyl (C=O) groups is 4. The molecule has 0 spiro atoms. The summed E-state index contributed by atoms with van der Waals surface area (Å²) in [5.74, 6) is -2.34. The van der Waals surface area contributed by atoms with Crippen LogP contribution in [-0.2, 0) is 23.9 Å². The number of hydrogen-bond donors (Lipinski definition) is 1. The highest BCUT2D eigenvalue weighted by Gasteiger charge is 2.19. The first-order chi connectivity index (χ1) is 8.29. The third-order valence-electron chi connectivity index (χ3n) is 1.98. The molecule has 0 aromatic rings. The molecule has 0 rings (SSSR count). The second-order valence-corrected chi connectivity index (χ2v) is 3.50. The van der Waals surface area contributed by atoms with E-state index >= 15 is 0 Å². The van der Waals surface area contributed by atoms with Crippen molar-refractivity contribution in [3.63, 3.8) is 0 Å². The van der Waals surface area contributed by atoms with Gasteiger partial charge < -0.3 is 9.84 Å². The number of Topliss-reactive ketones (excluding diaryl/α,β-unsaturated/α-hetero) is 1. The first kappa shape index (κ1) is 15.8. The molecule has 0 heterocycles. The van der Waals surface area contributed by atoms with E-state index in [-0.39, 0.29) is 11.1 Å². The Balaban J connectivity index is 5.29.